The quantitative estimate of drug-likeness (QED) is 0.565. The minimum absolute atomic E-state index is 0.0191. The smallest absolute Gasteiger partial charge is 0.337 e. The van der Waals surface area contributed by atoms with Gasteiger partial charge in [0, 0.05) is 21.1 Å². The summed E-state index contributed by atoms with van der Waals surface area (Å²) in [4.78, 5) is 33.6. The molecule has 0 bridgehead atoms. The second kappa shape index (κ2) is 8.40. The molecule has 21 heavy (non-hydrogen) atoms. The number of carbonyl (C=O) groups is 3. The average molecular weight is 440 g/mol. The predicted octanol–water partition coefficient (Wildman–Crippen LogP) is 2.46. The monoisotopic (exact) mass is 438 g/mol. The number of anilines is 1. The normalized spacial score (nSPS) is 10.2. The third-order valence-electron chi connectivity index (χ3n) is 2.27. The minimum atomic E-state index is -1.14. The van der Waals surface area contributed by atoms with Crippen LogP contribution in [0.1, 0.15) is 16.8 Å². The second-order valence-corrected chi connectivity index (χ2v) is 6.81. The van der Waals surface area contributed by atoms with E-state index in [-0.39, 0.29) is 29.3 Å². The second-order valence-electron chi connectivity index (χ2n) is 3.93. The van der Waals surface area contributed by atoms with Gasteiger partial charge in [-0.1, -0.05) is 15.9 Å². The van der Waals surface area contributed by atoms with E-state index in [0.29, 0.717) is 14.7 Å². The van der Waals surface area contributed by atoms with Crippen molar-refractivity contribution in [2.75, 3.05) is 16.8 Å². The summed E-state index contributed by atoms with van der Waals surface area (Å²) in [6.45, 7) is 0. The third kappa shape index (κ3) is 6.06. The molecule has 0 aromatic heterocycles. The zero-order valence-electron chi connectivity index (χ0n) is 10.7. The van der Waals surface area contributed by atoms with Crippen LogP contribution in [0.5, 0.6) is 0 Å². The van der Waals surface area contributed by atoms with Gasteiger partial charge in [0.1, 0.15) is 0 Å². The van der Waals surface area contributed by atoms with Crippen molar-refractivity contribution < 1.29 is 19.5 Å². The number of carboxylic acids is 1. The molecule has 1 aromatic rings. The molecule has 0 aliphatic heterocycles. The Hall–Kier alpha value is -1.06. The molecular weight excluding hydrogens is 428 g/mol. The fourth-order valence-electron chi connectivity index (χ4n) is 1.41. The molecule has 0 saturated carbocycles. The first-order chi connectivity index (χ1) is 9.81. The molecule has 0 heterocycles. The van der Waals surface area contributed by atoms with E-state index in [1.807, 2.05) is 0 Å². The molecule has 0 radical (unpaired) electrons. The van der Waals surface area contributed by atoms with Crippen LogP contribution >= 0.6 is 43.6 Å². The van der Waals surface area contributed by atoms with Gasteiger partial charge in [0.05, 0.1) is 17.0 Å². The minimum Gasteiger partial charge on any atom is -0.478 e. The molecule has 6 nitrogen and oxygen atoms in total. The van der Waals surface area contributed by atoms with E-state index < -0.39 is 11.9 Å². The molecule has 0 saturated heterocycles. The molecule has 4 N–H and O–H groups in total. The molecule has 0 aliphatic rings. The number of primary amides is 1. The summed E-state index contributed by atoms with van der Waals surface area (Å²) < 4.78 is 1.05. The fraction of sp³-hybridized carbons (Fsp3) is 0.250. The largest absolute Gasteiger partial charge is 0.478 e. The Bertz CT molecular complexity index is 581. The van der Waals surface area contributed by atoms with Gasteiger partial charge >= 0.3 is 5.97 Å². The van der Waals surface area contributed by atoms with Crippen LogP contribution in [0.4, 0.5) is 5.69 Å². The van der Waals surface area contributed by atoms with Crippen molar-refractivity contribution in [1.82, 2.24) is 0 Å². The third-order valence-corrected chi connectivity index (χ3v) is 4.33. The Balaban J connectivity index is 2.72. The number of benzene rings is 1. The van der Waals surface area contributed by atoms with Crippen LogP contribution in [0.2, 0.25) is 0 Å². The van der Waals surface area contributed by atoms with Crippen molar-refractivity contribution in [3.63, 3.8) is 0 Å². The Labute approximate surface area is 142 Å². The molecule has 9 heteroatoms. The lowest BCUT2D eigenvalue weighted by Crippen LogP contribution is -2.17. The van der Waals surface area contributed by atoms with E-state index in [2.05, 4.69) is 37.2 Å². The van der Waals surface area contributed by atoms with Crippen LogP contribution in [0, 0.1) is 0 Å². The Kier molecular flexibility index (Phi) is 7.20. The van der Waals surface area contributed by atoms with Crippen LogP contribution in [0.25, 0.3) is 0 Å². The van der Waals surface area contributed by atoms with Crippen molar-refractivity contribution >= 4 is 67.1 Å². The lowest BCUT2D eigenvalue weighted by atomic mass is 10.2. The number of carbonyl (C=O) groups excluding carboxylic acids is 2. The lowest BCUT2D eigenvalue weighted by Gasteiger charge is -2.11. The van der Waals surface area contributed by atoms with Gasteiger partial charge in [-0.05, 0) is 28.1 Å². The number of carboxylic acid groups (broad SMARTS) is 1. The van der Waals surface area contributed by atoms with Gasteiger partial charge in [-0.25, -0.2) is 4.79 Å². The van der Waals surface area contributed by atoms with E-state index in [0.717, 1.165) is 0 Å². The maximum absolute atomic E-state index is 11.8. The summed E-state index contributed by atoms with van der Waals surface area (Å²) >= 11 is 7.66. The van der Waals surface area contributed by atoms with Gasteiger partial charge in [0.2, 0.25) is 11.8 Å². The molecule has 0 unspecified atom stereocenters. The van der Waals surface area contributed by atoms with Crippen molar-refractivity contribution in [2.24, 2.45) is 5.73 Å². The van der Waals surface area contributed by atoms with Crippen LogP contribution in [0.3, 0.4) is 0 Å². The average Bonchev–Trinajstić information content (AvgIpc) is 2.37. The van der Waals surface area contributed by atoms with E-state index in [1.54, 1.807) is 6.07 Å². The zero-order chi connectivity index (χ0) is 16.0. The topological polar surface area (TPSA) is 109 Å². The van der Waals surface area contributed by atoms with Crippen molar-refractivity contribution in [3.8, 4) is 0 Å². The van der Waals surface area contributed by atoms with Crippen molar-refractivity contribution in [1.29, 1.82) is 0 Å². The highest BCUT2D eigenvalue weighted by Gasteiger charge is 2.16. The highest BCUT2D eigenvalue weighted by atomic mass is 79.9. The Morgan fingerprint density at radius 2 is 1.95 bits per heavy atom. The standard InChI is InChI=1S/C12H12Br2N2O4S/c13-6-3-7(12(19)20)11(8(14)4-6)16-10(18)1-2-21-5-9(15)17/h3-4H,1-2,5H2,(H2,15,17)(H,16,18)(H,19,20). The maximum atomic E-state index is 11.8. The first-order valence-corrected chi connectivity index (χ1v) is 8.43. The summed E-state index contributed by atoms with van der Waals surface area (Å²) in [5.74, 6) is -1.35. The summed E-state index contributed by atoms with van der Waals surface area (Å²) in [5, 5.41) is 11.7. The summed E-state index contributed by atoms with van der Waals surface area (Å²) in [7, 11) is 0. The van der Waals surface area contributed by atoms with E-state index in [1.165, 1.54) is 17.8 Å². The number of nitrogens with one attached hydrogen (secondary N) is 1. The number of aromatic carboxylic acids is 1. The molecule has 1 aromatic carbocycles. The Morgan fingerprint density at radius 3 is 2.52 bits per heavy atom. The lowest BCUT2D eigenvalue weighted by molar-refractivity contribution is -0.116. The first-order valence-electron chi connectivity index (χ1n) is 5.69. The summed E-state index contributed by atoms with van der Waals surface area (Å²) in [6.07, 6.45) is 0.152. The van der Waals surface area contributed by atoms with Gasteiger partial charge in [0.25, 0.3) is 0 Å². The number of thioether (sulfide) groups is 1. The molecule has 0 fully saturated rings. The van der Waals surface area contributed by atoms with Crippen molar-refractivity contribution in [2.45, 2.75) is 6.42 Å². The molecule has 114 valence electrons. The van der Waals surface area contributed by atoms with Gasteiger partial charge in [-0.15, -0.1) is 0 Å². The van der Waals surface area contributed by atoms with Crippen LogP contribution in [-0.4, -0.2) is 34.4 Å². The van der Waals surface area contributed by atoms with E-state index >= 15 is 0 Å². The molecule has 1 rings (SSSR count). The fourth-order valence-corrected chi connectivity index (χ4v) is 3.41. The molecule has 0 spiro atoms. The van der Waals surface area contributed by atoms with Gasteiger partial charge in [-0.3, -0.25) is 9.59 Å². The van der Waals surface area contributed by atoms with Crippen LogP contribution < -0.4 is 11.1 Å². The highest BCUT2D eigenvalue weighted by molar-refractivity contribution is 9.11. The number of hydrogen-bond donors (Lipinski definition) is 3. The van der Waals surface area contributed by atoms with Crippen LogP contribution in [0.15, 0.2) is 21.1 Å². The van der Waals surface area contributed by atoms with E-state index in [9.17, 15) is 14.4 Å². The number of halogens is 2. The molecule has 2 amide bonds. The van der Waals surface area contributed by atoms with Crippen LogP contribution in [-0.2, 0) is 9.59 Å². The molecule has 0 atom stereocenters. The SMILES string of the molecule is NC(=O)CSCCC(=O)Nc1c(Br)cc(Br)cc1C(=O)O. The van der Waals surface area contributed by atoms with Gasteiger partial charge in [0.15, 0.2) is 0 Å². The Morgan fingerprint density at radius 1 is 1.29 bits per heavy atom. The zero-order valence-corrected chi connectivity index (χ0v) is 14.7. The molecular formula is C12H12Br2N2O4S. The van der Waals surface area contributed by atoms with Gasteiger partial charge in [-0.2, -0.15) is 11.8 Å². The number of rotatable bonds is 7. The predicted molar refractivity (Wildman–Crippen MR) is 88.6 cm³/mol. The number of nitrogens with two attached hydrogens (primary N) is 1. The van der Waals surface area contributed by atoms with Crippen molar-refractivity contribution in [3.05, 3.63) is 26.6 Å². The molecule has 0 aliphatic carbocycles. The summed E-state index contributed by atoms with van der Waals surface area (Å²) in [6, 6.07) is 3.05. The first kappa shape index (κ1) is 18.0. The summed E-state index contributed by atoms with van der Waals surface area (Å²) in [5.41, 5.74) is 5.17. The number of hydrogen-bond acceptors (Lipinski definition) is 4. The number of amides is 2. The highest BCUT2D eigenvalue weighted by Crippen LogP contribution is 2.31. The van der Waals surface area contributed by atoms with E-state index in [4.69, 9.17) is 10.8 Å². The maximum Gasteiger partial charge on any atom is 0.337 e. The van der Waals surface area contributed by atoms with Gasteiger partial charge < -0.3 is 16.2 Å².